The predicted octanol–water partition coefficient (Wildman–Crippen LogP) is 2.21. The zero-order valence-corrected chi connectivity index (χ0v) is 9.91. The smallest absolute Gasteiger partial charge is 0.264 e. The van der Waals surface area contributed by atoms with Gasteiger partial charge in [0.2, 0.25) is 0 Å². The van der Waals surface area contributed by atoms with Gasteiger partial charge in [-0.15, -0.1) is 0 Å². The zero-order valence-electron chi connectivity index (χ0n) is 9.09. The average Bonchev–Trinajstić information content (AvgIpc) is 2.14. The van der Waals surface area contributed by atoms with Crippen LogP contribution in [0.3, 0.4) is 0 Å². The molecule has 0 heterocycles. The van der Waals surface area contributed by atoms with Gasteiger partial charge < -0.3 is 0 Å². The Morgan fingerprint density at radius 2 is 1.88 bits per heavy atom. The molecule has 1 aromatic rings. The molecule has 0 radical (unpaired) electrons. The van der Waals surface area contributed by atoms with Crippen LogP contribution in [0.4, 0.5) is 0 Å². The summed E-state index contributed by atoms with van der Waals surface area (Å²) in [5.41, 5.74) is 2.38. The third-order valence-electron chi connectivity index (χ3n) is 2.46. The van der Waals surface area contributed by atoms with Crippen molar-refractivity contribution in [2.24, 2.45) is 0 Å². The largest absolute Gasteiger partial charge is 0.266 e. The molecule has 1 aliphatic rings. The summed E-state index contributed by atoms with van der Waals surface area (Å²) in [6, 6.07) is 9.99. The Labute approximate surface area is 95.9 Å². The lowest BCUT2D eigenvalue weighted by Gasteiger charge is -2.27. The molecule has 0 bridgehead atoms. The molecule has 86 valence electrons. The first-order chi connectivity index (χ1) is 7.53. The molecule has 1 aromatic carbocycles. The van der Waals surface area contributed by atoms with Crippen molar-refractivity contribution >= 4 is 16.2 Å². The Hall–Kier alpha value is -1.13. The van der Waals surface area contributed by atoms with Crippen molar-refractivity contribution in [3.8, 4) is 0 Å². The van der Waals surface area contributed by atoms with Crippen LogP contribution >= 0.6 is 0 Å². The van der Waals surface area contributed by atoms with Gasteiger partial charge >= 0.3 is 0 Å². The lowest BCUT2D eigenvalue weighted by molar-refractivity contribution is 0.173. The van der Waals surface area contributed by atoms with Crippen molar-refractivity contribution in [3.05, 3.63) is 41.5 Å². The van der Waals surface area contributed by atoms with Crippen LogP contribution in [0.1, 0.15) is 18.4 Å². The molecule has 2 rings (SSSR count). The summed E-state index contributed by atoms with van der Waals surface area (Å²) in [7, 11) is -3.31. The van der Waals surface area contributed by atoms with E-state index in [0.29, 0.717) is 12.8 Å². The first-order valence-corrected chi connectivity index (χ1v) is 6.97. The van der Waals surface area contributed by atoms with Gasteiger partial charge in [-0.05, 0) is 18.4 Å². The van der Waals surface area contributed by atoms with Gasteiger partial charge in [0.05, 0.1) is 12.4 Å². The van der Waals surface area contributed by atoms with E-state index in [1.807, 2.05) is 30.3 Å². The molecule has 0 N–H and O–H groups in total. The highest BCUT2D eigenvalue weighted by atomic mass is 32.2. The molecule has 0 aliphatic heterocycles. The number of hydrogen-bond acceptors (Lipinski definition) is 3. The van der Waals surface area contributed by atoms with Gasteiger partial charge in [-0.3, -0.25) is 4.18 Å². The minimum atomic E-state index is -3.31. The summed E-state index contributed by atoms with van der Waals surface area (Å²) in [6.07, 6.45) is 4.43. The molecule has 1 saturated carbocycles. The van der Waals surface area contributed by atoms with Crippen molar-refractivity contribution in [2.45, 2.75) is 18.9 Å². The lowest BCUT2D eigenvalue weighted by atomic mass is 9.87. The van der Waals surface area contributed by atoms with Crippen LogP contribution in [0.15, 0.2) is 35.9 Å². The van der Waals surface area contributed by atoms with E-state index in [0.717, 1.165) is 11.8 Å². The average molecular weight is 238 g/mol. The molecule has 16 heavy (non-hydrogen) atoms. The molecule has 0 aromatic heterocycles. The topological polar surface area (TPSA) is 43.4 Å². The van der Waals surface area contributed by atoms with Gasteiger partial charge in [0.15, 0.2) is 0 Å². The number of hydrogen-bond donors (Lipinski definition) is 0. The highest BCUT2D eigenvalue weighted by Crippen LogP contribution is 2.31. The van der Waals surface area contributed by atoms with Crippen molar-refractivity contribution in [1.82, 2.24) is 0 Å². The maximum atomic E-state index is 10.9. The van der Waals surface area contributed by atoms with E-state index in [4.69, 9.17) is 4.18 Å². The number of benzene rings is 1. The van der Waals surface area contributed by atoms with Crippen LogP contribution in [-0.4, -0.2) is 20.8 Å². The highest BCUT2D eigenvalue weighted by molar-refractivity contribution is 7.86. The quantitative estimate of drug-likeness (QED) is 0.758. The van der Waals surface area contributed by atoms with Crippen LogP contribution < -0.4 is 0 Å². The Morgan fingerprint density at radius 3 is 2.44 bits per heavy atom. The molecule has 1 aliphatic carbocycles. The molecule has 0 amide bonds. The summed E-state index contributed by atoms with van der Waals surface area (Å²) in [4.78, 5) is 0. The van der Waals surface area contributed by atoms with Gasteiger partial charge in [0.1, 0.15) is 0 Å². The SMILES string of the molecule is CS(=O)(=O)OC1CC(=Cc2ccccc2)C1. The van der Waals surface area contributed by atoms with E-state index < -0.39 is 10.1 Å². The molecule has 0 unspecified atom stereocenters. The fourth-order valence-electron chi connectivity index (χ4n) is 1.74. The molecule has 1 fully saturated rings. The van der Waals surface area contributed by atoms with E-state index >= 15 is 0 Å². The standard InChI is InChI=1S/C12H14O3S/c1-16(13,14)15-12-8-11(9-12)7-10-5-3-2-4-6-10/h2-7,12H,8-9H2,1H3. The maximum Gasteiger partial charge on any atom is 0.264 e. The molecule has 0 atom stereocenters. The normalized spacial score (nSPS) is 20.3. The number of rotatable bonds is 3. The maximum absolute atomic E-state index is 10.9. The van der Waals surface area contributed by atoms with Gasteiger partial charge in [-0.2, -0.15) is 8.42 Å². The van der Waals surface area contributed by atoms with Crippen molar-refractivity contribution in [2.75, 3.05) is 6.26 Å². The van der Waals surface area contributed by atoms with Gasteiger partial charge in [0, 0.05) is 0 Å². The summed E-state index contributed by atoms with van der Waals surface area (Å²) in [6.45, 7) is 0. The fourth-order valence-corrected chi connectivity index (χ4v) is 2.37. The van der Waals surface area contributed by atoms with E-state index in [2.05, 4.69) is 6.08 Å². The minimum absolute atomic E-state index is 0.162. The van der Waals surface area contributed by atoms with E-state index in [-0.39, 0.29) is 6.10 Å². The van der Waals surface area contributed by atoms with Crippen LogP contribution in [-0.2, 0) is 14.3 Å². The predicted molar refractivity (Wildman–Crippen MR) is 63.4 cm³/mol. The molecule has 4 heteroatoms. The summed E-state index contributed by atoms with van der Waals surface area (Å²) < 4.78 is 26.6. The highest BCUT2D eigenvalue weighted by Gasteiger charge is 2.27. The Balaban J connectivity index is 1.92. The summed E-state index contributed by atoms with van der Waals surface area (Å²) in [5, 5.41) is 0. The minimum Gasteiger partial charge on any atom is -0.266 e. The van der Waals surface area contributed by atoms with Crippen LogP contribution in [0.2, 0.25) is 0 Å². The molecule has 3 nitrogen and oxygen atoms in total. The molecular formula is C12H14O3S. The van der Waals surface area contributed by atoms with Crippen LogP contribution in [0.5, 0.6) is 0 Å². The van der Waals surface area contributed by atoms with Crippen LogP contribution in [0.25, 0.3) is 6.08 Å². The van der Waals surface area contributed by atoms with Crippen molar-refractivity contribution < 1.29 is 12.6 Å². The Kier molecular flexibility index (Phi) is 3.12. The zero-order chi connectivity index (χ0) is 11.6. The first kappa shape index (κ1) is 11.4. The van der Waals surface area contributed by atoms with Gasteiger partial charge in [-0.1, -0.05) is 42.0 Å². The lowest BCUT2D eigenvalue weighted by Crippen LogP contribution is -2.26. The second-order valence-electron chi connectivity index (χ2n) is 4.04. The second kappa shape index (κ2) is 4.39. The van der Waals surface area contributed by atoms with Crippen molar-refractivity contribution in [1.29, 1.82) is 0 Å². The van der Waals surface area contributed by atoms with Gasteiger partial charge in [-0.25, -0.2) is 0 Å². The molecule has 0 saturated heterocycles. The third-order valence-corrected chi connectivity index (χ3v) is 3.08. The van der Waals surface area contributed by atoms with E-state index in [1.165, 1.54) is 5.57 Å². The Bertz CT molecular complexity index is 480. The Morgan fingerprint density at radius 1 is 1.25 bits per heavy atom. The third kappa shape index (κ3) is 3.18. The monoisotopic (exact) mass is 238 g/mol. The van der Waals surface area contributed by atoms with Crippen LogP contribution in [0, 0.1) is 0 Å². The summed E-state index contributed by atoms with van der Waals surface area (Å²) in [5.74, 6) is 0. The first-order valence-electron chi connectivity index (χ1n) is 5.16. The fraction of sp³-hybridized carbons (Fsp3) is 0.333. The van der Waals surface area contributed by atoms with E-state index in [1.54, 1.807) is 0 Å². The summed E-state index contributed by atoms with van der Waals surface area (Å²) >= 11 is 0. The van der Waals surface area contributed by atoms with Gasteiger partial charge in [0.25, 0.3) is 10.1 Å². The molecular weight excluding hydrogens is 224 g/mol. The van der Waals surface area contributed by atoms with E-state index in [9.17, 15) is 8.42 Å². The second-order valence-corrected chi connectivity index (χ2v) is 5.64. The molecule has 0 spiro atoms. The van der Waals surface area contributed by atoms with Crippen molar-refractivity contribution in [3.63, 3.8) is 0 Å².